The van der Waals surface area contributed by atoms with Gasteiger partial charge in [0.25, 0.3) is 0 Å². The molecule has 0 bridgehead atoms. The van der Waals surface area contributed by atoms with E-state index in [4.69, 9.17) is 0 Å². The van der Waals surface area contributed by atoms with Crippen LogP contribution in [0, 0.1) is 5.82 Å². The molecule has 0 unspecified atom stereocenters. The fourth-order valence-corrected chi connectivity index (χ4v) is 3.35. The van der Waals surface area contributed by atoms with Crippen LogP contribution in [-0.4, -0.2) is 29.6 Å². The van der Waals surface area contributed by atoms with Crippen LogP contribution in [0.15, 0.2) is 22.7 Å². The van der Waals surface area contributed by atoms with Crippen LogP contribution in [0.2, 0.25) is 0 Å². The minimum atomic E-state index is -0.271. The topological polar surface area (TPSA) is 41.1 Å². The predicted molar refractivity (Wildman–Crippen MR) is 79.7 cm³/mol. The molecule has 0 spiro atoms. The quantitative estimate of drug-likeness (QED) is 0.878. The van der Waals surface area contributed by atoms with Crippen LogP contribution in [0.4, 0.5) is 4.39 Å². The molecule has 0 radical (unpaired) electrons. The number of nitrogens with one attached hydrogen (secondary N) is 2. The smallest absolute Gasteiger partial charge is 0.238 e. The Hall–Kier alpha value is -0.590. The lowest BCUT2D eigenvalue weighted by Gasteiger charge is -2.17. The minimum absolute atomic E-state index is 0.0252. The van der Waals surface area contributed by atoms with E-state index in [2.05, 4.69) is 26.6 Å². The van der Waals surface area contributed by atoms with E-state index in [0.29, 0.717) is 10.9 Å². The summed E-state index contributed by atoms with van der Waals surface area (Å²) in [5.41, 5.74) is 0.995. The Kier molecular flexibility index (Phi) is 5.24. The monoisotopic (exact) mass is 346 g/mol. The van der Waals surface area contributed by atoms with Crippen LogP contribution in [0.3, 0.4) is 0 Å². The van der Waals surface area contributed by atoms with Gasteiger partial charge in [0.1, 0.15) is 5.82 Å². The zero-order chi connectivity index (χ0) is 13.8. The molecule has 1 aromatic rings. The zero-order valence-corrected chi connectivity index (χ0v) is 13.0. The van der Waals surface area contributed by atoms with Gasteiger partial charge in [0, 0.05) is 17.7 Å². The van der Waals surface area contributed by atoms with Gasteiger partial charge in [-0.3, -0.25) is 10.1 Å². The largest absolute Gasteiger partial charge is 0.352 e. The molecule has 1 amide bonds. The van der Waals surface area contributed by atoms with E-state index in [0.717, 1.165) is 17.2 Å². The van der Waals surface area contributed by atoms with Crippen LogP contribution in [-0.2, 0) is 11.2 Å². The molecule has 1 heterocycles. The van der Waals surface area contributed by atoms with E-state index in [1.165, 1.54) is 6.07 Å². The van der Waals surface area contributed by atoms with Crippen LogP contribution >= 0.6 is 27.7 Å². The van der Waals surface area contributed by atoms with Crippen LogP contribution in [0.1, 0.15) is 12.5 Å². The lowest BCUT2D eigenvalue weighted by Crippen LogP contribution is -2.46. The van der Waals surface area contributed by atoms with Gasteiger partial charge in [-0.2, -0.15) is 0 Å². The summed E-state index contributed by atoms with van der Waals surface area (Å²) in [7, 11) is 0. The molecule has 0 aliphatic carbocycles. The van der Waals surface area contributed by atoms with E-state index in [1.54, 1.807) is 23.9 Å². The highest BCUT2D eigenvalue weighted by atomic mass is 79.9. The Bertz CT molecular complexity index is 466. The van der Waals surface area contributed by atoms with Gasteiger partial charge in [0.2, 0.25) is 5.91 Å². The number of halogens is 2. The normalized spacial score (nSPS) is 20.3. The Morgan fingerprint density at radius 2 is 2.47 bits per heavy atom. The van der Waals surface area contributed by atoms with Crippen molar-refractivity contribution in [1.29, 1.82) is 0 Å². The maximum atomic E-state index is 13.1. The molecule has 2 atom stereocenters. The molecule has 0 aromatic heterocycles. The average Bonchev–Trinajstić information content (AvgIpc) is 2.87. The van der Waals surface area contributed by atoms with Gasteiger partial charge in [0.15, 0.2) is 0 Å². The van der Waals surface area contributed by atoms with Crippen molar-refractivity contribution < 1.29 is 9.18 Å². The van der Waals surface area contributed by atoms with Crippen molar-refractivity contribution in [2.75, 3.05) is 11.6 Å². The molecule has 1 aliphatic rings. The van der Waals surface area contributed by atoms with Gasteiger partial charge in [-0.25, -0.2) is 4.39 Å². The van der Waals surface area contributed by atoms with Gasteiger partial charge < -0.3 is 5.32 Å². The molecule has 19 heavy (non-hydrogen) atoms. The molecule has 3 nitrogen and oxygen atoms in total. The standard InChI is InChI=1S/C13H16BrFN2OS/c1-8(17-13(18)12-6-19-7-16-12)4-9-2-3-11(15)10(14)5-9/h2-3,5,8,12,16H,4,6-7H2,1H3,(H,17,18)/t8-,12+/m0/s1. The van der Waals surface area contributed by atoms with Gasteiger partial charge in [0.05, 0.1) is 10.5 Å². The van der Waals surface area contributed by atoms with Gasteiger partial charge in [-0.15, -0.1) is 11.8 Å². The summed E-state index contributed by atoms with van der Waals surface area (Å²) in [5.74, 6) is 1.42. The Morgan fingerprint density at radius 1 is 1.68 bits per heavy atom. The predicted octanol–water partition coefficient (Wildman–Crippen LogP) is 2.30. The first-order chi connectivity index (χ1) is 9.06. The Balaban J connectivity index is 1.87. The molecule has 1 aromatic carbocycles. The first-order valence-corrected chi connectivity index (χ1v) is 8.06. The van der Waals surface area contributed by atoms with E-state index in [-0.39, 0.29) is 23.8 Å². The lowest BCUT2D eigenvalue weighted by atomic mass is 10.1. The molecule has 104 valence electrons. The third-order valence-electron chi connectivity index (χ3n) is 2.95. The van der Waals surface area contributed by atoms with Crippen LogP contribution < -0.4 is 10.6 Å². The summed E-state index contributed by atoms with van der Waals surface area (Å²) in [6.45, 7) is 1.96. The third kappa shape index (κ3) is 4.19. The summed E-state index contributed by atoms with van der Waals surface area (Å²) in [6, 6.07) is 4.86. The van der Waals surface area contributed by atoms with Crippen molar-refractivity contribution in [1.82, 2.24) is 10.6 Å². The van der Waals surface area contributed by atoms with E-state index >= 15 is 0 Å². The zero-order valence-electron chi connectivity index (χ0n) is 10.6. The van der Waals surface area contributed by atoms with Crippen molar-refractivity contribution in [3.8, 4) is 0 Å². The number of hydrogen-bond acceptors (Lipinski definition) is 3. The van der Waals surface area contributed by atoms with Gasteiger partial charge in [-0.05, 0) is 47.0 Å². The molecule has 6 heteroatoms. The summed E-state index contributed by atoms with van der Waals surface area (Å²) in [5, 5.41) is 6.12. The molecular weight excluding hydrogens is 331 g/mol. The van der Waals surface area contributed by atoms with Crippen molar-refractivity contribution in [2.24, 2.45) is 0 Å². The van der Waals surface area contributed by atoms with E-state index in [9.17, 15) is 9.18 Å². The minimum Gasteiger partial charge on any atom is -0.352 e. The number of benzene rings is 1. The second kappa shape index (κ2) is 6.72. The van der Waals surface area contributed by atoms with Crippen molar-refractivity contribution >= 4 is 33.6 Å². The number of rotatable bonds is 4. The molecular formula is C13H16BrFN2OS. The molecule has 1 saturated heterocycles. The maximum absolute atomic E-state index is 13.1. The average molecular weight is 347 g/mol. The highest BCUT2D eigenvalue weighted by molar-refractivity contribution is 9.10. The van der Waals surface area contributed by atoms with E-state index < -0.39 is 0 Å². The summed E-state index contributed by atoms with van der Waals surface area (Å²) in [6.07, 6.45) is 0.685. The molecule has 2 rings (SSSR count). The maximum Gasteiger partial charge on any atom is 0.238 e. The van der Waals surface area contributed by atoms with Gasteiger partial charge in [-0.1, -0.05) is 6.07 Å². The Labute approximate surface area is 124 Å². The molecule has 1 aliphatic heterocycles. The Morgan fingerprint density at radius 3 is 3.11 bits per heavy atom. The molecule has 0 saturated carbocycles. The van der Waals surface area contributed by atoms with Crippen LogP contribution in [0.25, 0.3) is 0 Å². The number of amides is 1. The molecule has 2 N–H and O–H groups in total. The second-order valence-electron chi connectivity index (χ2n) is 4.63. The van der Waals surface area contributed by atoms with Crippen molar-refractivity contribution in [3.05, 3.63) is 34.1 Å². The van der Waals surface area contributed by atoms with Crippen molar-refractivity contribution in [2.45, 2.75) is 25.4 Å². The van der Waals surface area contributed by atoms with E-state index in [1.807, 2.05) is 6.92 Å². The first kappa shape index (κ1) is 14.8. The first-order valence-electron chi connectivity index (χ1n) is 6.11. The highest BCUT2D eigenvalue weighted by Gasteiger charge is 2.23. The number of carbonyl (C=O) groups is 1. The second-order valence-corrected chi connectivity index (χ2v) is 6.52. The third-order valence-corrected chi connectivity index (χ3v) is 4.49. The van der Waals surface area contributed by atoms with Gasteiger partial charge >= 0.3 is 0 Å². The number of hydrogen-bond donors (Lipinski definition) is 2. The van der Waals surface area contributed by atoms with Crippen molar-refractivity contribution in [3.63, 3.8) is 0 Å². The summed E-state index contributed by atoms with van der Waals surface area (Å²) >= 11 is 4.89. The number of carbonyl (C=O) groups excluding carboxylic acids is 1. The highest BCUT2D eigenvalue weighted by Crippen LogP contribution is 2.18. The lowest BCUT2D eigenvalue weighted by molar-refractivity contribution is -0.123. The van der Waals surface area contributed by atoms with Crippen LogP contribution in [0.5, 0.6) is 0 Å². The number of thioether (sulfide) groups is 1. The fraction of sp³-hybridized carbons (Fsp3) is 0.462. The molecule has 1 fully saturated rings. The fourth-order valence-electron chi connectivity index (χ4n) is 1.98. The SMILES string of the molecule is C[C@@H](Cc1ccc(F)c(Br)c1)NC(=O)[C@H]1CSCN1. The summed E-state index contributed by atoms with van der Waals surface area (Å²) in [4.78, 5) is 11.9. The summed E-state index contributed by atoms with van der Waals surface area (Å²) < 4.78 is 13.6.